The second-order valence-electron chi connectivity index (χ2n) is 5.96. The van der Waals surface area contributed by atoms with Crippen molar-refractivity contribution in [2.75, 3.05) is 11.5 Å². The van der Waals surface area contributed by atoms with Crippen LogP contribution in [0.2, 0.25) is 0 Å². The van der Waals surface area contributed by atoms with Gasteiger partial charge in [0.25, 0.3) is 0 Å². The number of nitrogen functional groups attached to an aromatic ring is 2. The Labute approximate surface area is 158 Å². The first-order valence-electron chi connectivity index (χ1n) is 8.40. The molecule has 28 heavy (non-hydrogen) atoms. The summed E-state index contributed by atoms with van der Waals surface area (Å²) in [6, 6.07) is 11.0. The number of nitrogens with two attached hydrogens (primary N) is 2. The first-order chi connectivity index (χ1) is 13.7. The molecule has 0 saturated heterocycles. The third kappa shape index (κ3) is 2.43. The van der Waals surface area contributed by atoms with Crippen molar-refractivity contribution in [1.82, 2.24) is 39.5 Å². The quantitative estimate of drug-likeness (QED) is 0.488. The summed E-state index contributed by atoms with van der Waals surface area (Å²) in [5, 5.41) is 9.29. The molecule has 0 aromatic carbocycles. The Morgan fingerprint density at radius 1 is 0.750 bits per heavy atom. The van der Waals surface area contributed by atoms with E-state index in [1.54, 1.807) is 29.5 Å². The van der Waals surface area contributed by atoms with E-state index in [0.29, 0.717) is 45.7 Å². The van der Waals surface area contributed by atoms with E-state index in [2.05, 4.69) is 30.1 Å². The molecule has 136 valence electrons. The lowest BCUT2D eigenvalue weighted by Gasteiger charge is -2.06. The van der Waals surface area contributed by atoms with Crippen LogP contribution in [-0.2, 0) is 0 Å². The lowest BCUT2D eigenvalue weighted by molar-refractivity contribution is 0.857. The van der Waals surface area contributed by atoms with Gasteiger partial charge >= 0.3 is 0 Å². The van der Waals surface area contributed by atoms with Crippen molar-refractivity contribution in [3.8, 4) is 23.0 Å². The summed E-state index contributed by atoms with van der Waals surface area (Å²) in [6.45, 7) is 0. The first-order valence-corrected chi connectivity index (χ1v) is 8.40. The summed E-state index contributed by atoms with van der Waals surface area (Å²) in [6.07, 6.45) is 6.56. The van der Waals surface area contributed by atoms with Gasteiger partial charge in [0, 0.05) is 12.4 Å². The Hall–Kier alpha value is -4.34. The van der Waals surface area contributed by atoms with E-state index >= 15 is 0 Å². The molecule has 0 spiro atoms. The van der Waals surface area contributed by atoms with Crippen molar-refractivity contribution >= 4 is 22.7 Å². The van der Waals surface area contributed by atoms with Gasteiger partial charge in [0.2, 0.25) is 0 Å². The molecule has 0 atom stereocenters. The summed E-state index contributed by atoms with van der Waals surface area (Å²) >= 11 is 0. The molecule has 0 radical (unpaired) electrons. The van der Waals surface area contributed by atoms with Gasteiger partial charge in [-0.2, -0.15) is 19.6 Å². The second kappa shape index (κ2) is 6.13. The van der Waals surface area contributed by atoms with Crippen LogP contribution in [0.5, 0.6) is 0 Å². The van der Waals surface area contributed by atoms with Crippen LogP contribution in [0.4, 0.5) is 11.6 Å². The molecule has 0 unspecified atom stereocenters. The van der Waals surface area contributed by atoms with Crippen LogP contribution >= 0.6 is 0 Å². The zero-order chi connectivity index (χ0) is 19.1. The molecule has 10 heteroatoms. The zero-order valence-corrected chi connectivity index (χ0v) is 14.5. The summed E-state index contributed by atoms with van der Waals surface area (Å²) < 4.78 is 3.13. The van der Waals surface area contributed by atoms with Crippen molar-refractivity contribution in [2.24, 2.45) is 0 Å². The van der Waals surface area contributed by atoms with Crippen LogP contribution < -0.4 is 11.5 Å². The molecular weight excluding hydrogens is 356 g/mol. The van der Waals surface area contributed by atoms with Gasteiger partial charge < -0.3 is 11.5 Å². The fraction of sp³-hybridized carbons (Fsp3) is 0. The minimum Gasteiger partial charge on any atom is -0.383 e. The maximum Gasteiger partial charge on any atom is 0.170 e. The van der Waals surface area contributed by atoms with Gasteiger partial charge in [0.1, 0.15) is 11.6 Å². The number of rotatable bonds is 3. The van der Waals surface area contributed by atoms with Crippen LogP contribution in [0, 0.1) is 0 Å². The van der Waals surface area contributed by atoms with Gasteiger partial charge in [0.15, 0.2) is 23.1 Å². The maximum absolute atomic E-state index is 6.29. The number of hydrogen-bond acceptors (Lipinski definition) is 8. The van der Waals surface area contributed by atoms with E-state index < -0.39 is 0 Å². The highest BCUT2D eigenvalue weighted by Crippen LogP contribution is 2.28. The average molecular weight is 370 g/mol. The highest BCUT2D eigenvalue weighted by atomic mass is 15.3. The van der Waals surface area contributed by atoms with Crippen molar-refractivity contribution in [2.45, 2.75) is 0 Å². The SMILES string of the molecule is Nc1nc(-c2cnn(-c3ccccn3)c2N)nc2c1cnn2-c1ccccn1. The molecule has 5 rings (SSSR count). The molecule has 0 aliphatic rings. The lowest BCUT2D eigenvalue weighted by Crippen LogP contribution is -2.05. The van der Waals surface area contributed by atoms with E-state index in [0.717, 1.165) is 0 Å². The van der Waals surface area contributed by atoms with E-state index in [-0.39, 0.29) is 0 Å². The standard InChI is InChI=1S/C18H14N10/c19-15-11-9-24-28(14-6-2-4-8-22-14)18(11)26-17(25-15)12-10-23-27(16(12)20)13-5-1-3-7-21-13/h1-10H,20H2,(H2,19,25,26). The summed E-state index contributed by atoms with van der Waals surface area (Å²) in [4.78, 5) is 17.6. The van der Waals surface area contributed by atoms with Crippen LogP contribution in [0.1, 0.15) is 0 Å². The van der Waals surface area contributed by atoms with Crippen LogP contribution in [-0.4, -0.2) is 39.5 Å². The number of aromatic nitrogens is 8. The summed E-state index contributed by atoms with van der Waals surface area (Å²) in [5.41, 5.74) is 13.5. The van der Waals surface area contributed by atoms with Gasteiger partial charge in [-0.15, -0.1) is 0 Å². The third-order valence-electron chi connectivity index (χ3n) is 4.24. The Morgan fingerprint density at radius 2 is 1.43 bits per heavy atom. The number of fused-ring (bicyclic) bond motifs is 1. The number of pyridine rings is 2. The van der Waals surface area contributed by atoms with Crippen molar-refractivity contribution < 1.29 is 0 Å². The van der Waals surface area contributed by atoms with Gasteiger partial charge in [-0.3, -0.25) is 0 Å². The van der Waals surface area contributed by atoms with Crippen LogP contribution in [0.3, 0.4) is 0 Å². The molecule has 10 nitrogen and oxygen atoms in total. The largest absolute Gasteiger partial charge is 0.383 e. The predicted octanol–water partition coefficient (Wildman–Crippen LogP) is 1.62. The molecule has 0 aliphatic carbocycles. The van der Waals surface area contributed by atoms with Gasteiger partial charge in [0.05, 0.1) is 23.3 Å². The summed E-state index contributed by atoms with van der Waals surface area (Å²) in [7, 11) is 0. The molecule has 5 heterocycles. The molecule has 0 amide bonds. The monoisotopic (exact) mass is 370 g/mol. The van der Waals surface area contributed by atoms with Gasteiger partial charge in [-0.1, -0.05) is 12.1 Å². The Balaban J connectivity index is 1.68. The minimum atomic E-state index is 0.298. The van der Waals surface area contributed by atoms with Crippen molar-refractivity contribution in [1.29, 1.82) is 0 Å². The molecule has 0 bridgehead atoms. The van der Waals surface area contributed by atoms with Crippen LogP contribution in [0.25, 0.3) is 34.1 Å². The molecule has 0 saturated carbocycles. The fourth-order valence-corrected chi connectivity index (χ4v) is 2.89. The van der Waals surface area contributed by atoms with E-state index in [9.17, 15) is 0 Å². The summed E-state index contributed by atoms with van der Waals surface area (Å²) in [5.74, 6) is 2.23. The van der Waals surface area contributed by atoms with E-state index in [4.69, 9.17) is 11.5 Å². The van der Waals surface area contributed by atoms with Crippen molar-refractivity contribution in [3.05, 3.63) is 61.2 Å². The molecule has 0 fully saturated rings. The lowest BCUT2D eigenvalue weighted by atomic mass is 10.3. The Morgan fingerprint density at radius 3 is 2.11 bits per heavy atom. The number of nitrogens with zero attached hydrogens (tertiary/aromatic N) is 8. The van der Waals surface area contributed by atoms with Gasteiger partial charge in [-0.25, -0.2) is 19.9 Å². The molecule has 5 aromatic rings. The van der Waals surface area contributed by atoms with E-state index in [1.165, 1.54) is 4.68 Å². The molecule has 5 aromatic heterocycles. The highest BCUT2D eigenvalue weighted by molar-refractivity contribution is 5.88. The average Bonchev–Trinajstić information content (AvgIpc) is 3.33. The van der Waals surface area contributed by atoms with Gasteiger partial charge in [-0.05, 0) is 24.3 Å². The maximum atomic E-state index is 6.29. The molecule has 4 N–H and O–H groups in total. The fourth-order valence-electron chi connectivity index (χ4n) is 2.89. The molecular formula is C18H14N10. The molecule has 0 aliphatic heterocycles. The highest BCUT2D eigenvalue weighted by Gasteiger charge is 2.18. The normalized spacial score (nSPS) is 11.1. The Kier molecular flexibility index (Phi) is 3.47. The second-order valence-corrected chi connectivity index (χ2v) is 5.96. The predicted molar refractivity (Wildman–Crippen MR) is 104 cm³/mol. The smallest absolute Gasteiger partial charge is 0.170 e. The van der Waals surface area contributed by atoms with Crippen molar-refractivity contribution in [3.63, 3.8) is 0 Å². The van der Waals surface area contributed by atoms with E-state index in [1.807, 2.05) is 36.4 Å². The topological polar surface area (TPSA) is 139 Å². The number of hydrogen-bond donors (Lipinski definition) is 2. The van der Waals surface area contributed by atoms with Crippen LogP contribution in [0.15, 0.2) is 61.2 Å². The number of anilines is 2. The zero-order valence-electron chi connectivity index (χ0n) is 14.5. The third-order valence-corrected chi connectivity index (χ3v) is 4.24. The first kappa shape index (κ1) is 15.9. The minimum absolute atomic E-state index is 0.298. The Bertz CT molecular complexity index is 1270.